The van der Waals surface area contributed by atoms with Crippen molar-refractivity contribution in [2.75, 3.05) is 19.7 Å². The van der Waals surface area contributed by atoms with Crippen molar-refractivity contribution in [2.45, 2.75) is 6.42 Å². The lowest BCUT2D eigenvalue weighted by atomic mass is 10.2. The topological polar surface area (TPSA) is 34.1 Å². The molecule has 4 heteroatoms. The van der Waals surface area contributed by atoms with Crippen LogP contribution in [0.25, 0.3) is 10.9 Å². The molecular formula is C17H18N2OS. The van der Waals surface area contributed by atoms with Crippen molar-refractivity contribution in [3.8, 4) is 5.75 Å². The van der Waals surface area contributed by atoms with Gasteiger partial charge in [-0.25, -0.2) is 0 Å². The highest BCUT2D eigenvalue weighted by atomic mass is 32.1. The Kier molecular flexibility index (Phi) is 4.82. The van der Waals surface area contributed by atoms with E-state index in [1.54, 1.807) is 17.5 Å². The number of nitrogens with zero attached hydrogens (tertiary/aromatic N) is 1. The lowest BCUT2D eigenvalue weighted by Crippen LogP contribution is -2.23. The van der Waals surface area contributed by atoms with Crippen LogP contribution in [0.3, 0.4) is 0 Å². The maximum Gasteiger partial charge on any atom is 0.138 e. The van der Waals surface area contributed by atoms with Gasteiger partial charge in [0.15, 0.2) is 0 Å². The normalized spacial score (nSPS) is 10.9. The predicted molar refractivity (Wildman–Crippen MR) is 88.1 cm³/mol. The van der Waals surface area contributed by atoms with Gasteiger partial charge in [-0.3, -0.25) is 4.98 Å². The van der Waals surface area contributed by atoms with Crippen molar-refractivity contribution in [3.63, 3.8) is 0 Å². The van der Waals surface area contributed by atoms with Gasteiger partial charge in [-0.15, -0.1) is 0 Å². The number of nitrogens with one attached hydrogen (secondary N) is 1. The standard InChI is InChI=1S/C17H18N2OS/c1-2-4-17-15(3-1)11-16(12-19-17)20-9-8-18-7-5-14-6-10-21-13-14/h1-4,6,10-13,18H,5,7-9H2. The SMILES string of the molecule is c1ccc2ncc(OCCNCCc3ccsc3)cc2c1. The van der Waals surface area contributed by atoms with E-state index < -0.39 is 0 Å². The second kappa shape index (κ2) is 7.20. The summed E-state index contributed by atoms with van der Waals surface area (Å²) in [5.41, 5.74) is 2.39. The van der Waals surface area contributed by atoms with Crippen molar-refractivity contribution in [2.24, 2.45) is 0 Å². The van der Waals surface area contributed by atoms with Gasteiger partial charge >= 0.3 is 0 Å². The molecule has 0 amide bonds. The lowest BCUT2D eigenvalue weighted by molar-refractivity contribution is 0.314. The van der Waals surface area contributed by atoms with Gasteiger partial charge in [-0.2, -0.15) is 11.3 Å². The number of thiophene rings is 1. The van der Waals surface area contributed by atoms with Gasteiger partial charge < -0.3 is 10.1 Å². The fourth-order valence-corrected chi connectivity index (χ4v) is 2.87. The molecule has 1 N–H and O–H groups in total. The van der Waals surface area contributed by atoms with Crippen LogP contribution in [0.5, 0.6) is 5.75 Å². The number of rotatable bonds is 7. The van der Waals surface area contributed by atoms with Crippen LogP contribution in [0.2, 0.25) is 0 Å². The van der Waals surface area contributed by atoms with Gasteiger partial charge in [0.1, 0.15) is 12.4 Å². The van der Waals surface area contributed by atoms with Crippen LogP contribution in [0.15, 0.2) is 53.4 Å². The third kappa shape index (κ3) is 4.03. The first kappa shape index (κ1) is 14.0. The second-order valence-corrected chi connectivity index (χ2v) is 5.62. The van der Waals surface area contributed by atoms with Gasteiger partial charge in [-0.1, -0.05) is 18.2 Å². The monoisotopic (exact) mass is 298 g/mol. The molecule has 0 bridgehead atoms. The van der Waals surface area contributed by atoms with E-state index in [4.69, 9.17) is 4.74 Å². The molecular weight excluding hydrogens is 280 g/mol. The average Bonchev–Trinajstić information content (AvgIpc) is 3.04. The molecule has 0 fully saturated rings. The van der Waals surface area contributed by atoms with Crippen LogP contribution in [0, 0.1) is 0 Å². The molecule has 3 rings (SSSR count). The van der Waals surface area contributed by atoms with Crippen molar-refractivity contribution in [1.29, 1.82) is 0 Å². The van der Waals surface area contributed by atoms with Crippen LogP contribution in [-0.4, -0.2) is 24.7 Å². The third-order valence-corrected chi connectivity index (χ3v) is 4.02. The van der Waals surface area contributed by atoms with Gasteiger partial charge in [0.25, 0.3) is 0 Å². The summed E-state index contributed by atoms with van der Waals surface area (Å²) in [6.45, 7) is 2.48. The fraction of sp³-hybridized carbons (Fsp3) is 0.235. The van der Waals surface area contributed by atoms with E-state index in [1.165, 1.54) is 5.56 Å². The molecule has 108 valence electrons. The molecule has 0 spiro atoms. The molecule has 0 aliphatic rings. The highest BCUT2D eigenvalue weighted by Gasteiger charge is 1.98. The zero-order valence-electron chi connectivity index (χ0n) is 11.8. The summed E-state index contributed by atoms with van der Waals surface area (Å²) in [4.78, 5) is 4.39. The Bertz CT molecular complexity index is 682. The molecule has 3 aromatic rings. The van der Waals surface area contributed by atoms with E-state index in [9.17, 15) is 0 Å². The number of benzene rings is 1. The number of aromatic nitrogens is 1. The zero-order valence-corrected chi connectivity index (χ0v) is 12.6. The van der Waals surface area contributed by atoms with Gasteiger partial charge in [0.2, 0.25) is 0 Å². The van der Waals surface area contributed by atoms with E-state index in [-0.39, 0.29) is 0 Å². The molecule has 0 aliphatic carbocycles. The summed E-state index contributed by atoms with van der Waals surface area (Å²) in [6.07, 6.45) is 2.86. The summed E-state index contributed by atoms with van der Waals surface area (Å²) in [5.74, 6) is 0.827. The number of hydrogen-bond acceptors (Lipinski definition) is 4. The lowest BCUT2D eigenvalue weighted by Gasteiger charge is -2.08. The minimum absolute atomic E-state index is 0.656. The summed E-state index contributed by atoms with van der Waals surface area (Å²) < 4.78 is 5.73. The van der Waals surface area contributed by atoms with E-state index in [1.807, 2.05) is 30.3 Å². The summed E-state index contributed by atoms with van der Waals surface area (Å²) in [5, 5.41) is 8.81. The molecule has 0 saturated heterocycles. The highest BCUT2D eigenvalue weighted by Crippen LogP contribution is 2.17. The molecule has 2 aromatic heterocycles. The first-order chi connectivity index (χ1) is 10.4. The van der Waals surface area contributed by atoms with E-state index in [0.29, 0.717) is 6.61 Å². The van der Waals surface area contributed by atoms with Crippen LogP contribution in [-0.2, 0) is 6.42 Å². The molecule has 1 aromatic carbocycles. The molecule has 2 heterocycles. The molecule has 21 heavy (non-hydrogen) atoms. The Labute approximate surface area is 128 Å². The van der Waals surface area contributed by atoms with Crippen LogP contribution in [0.4, 0.5) is 0 Å². The molecule has 0 atom stereocenters. The minimum atomic E-state index is 0.656. The first-order valence-corrected chi connectivity index (χ1v) is 8.05. The van der Waals surface area contributed by atoms with Crippen LogP contribution < -0.4 is 10.1 Å². The quantitative estimate of drug-likeness (QED) is 0.678. The fourth-order valence-electron chi connectivity index (χ4n) is 2.16. The summed E-state index contributed by atoms with van der Waals surface area (Å²) >= 11 is 1.75. The number of para-hydroxylation sites is 1. The number of fused-ring (bicyclic) bond motifs is 1. The van der Waals surface area contributed by atoms with Crippen LogP contribution in [0.1, 0.15) is 5.56 Å². The molecule has 3 nitrogen and oxygen atoms in total. The smallest absolute Gasteiger partial charge is 0.138 e. The third-order valence-electron chi connectivity index (χ3n) is 3.28. The molecule has 0 radical (unpaired) electrons. The molecule has 0 unspecified atom stereocenters. The van der Waals surface area contributed by atoms with Crippen molar-refractivity contribution < 1.29 is 4.74 Å². The maximum atomic E-state index is 5.73. The Morgan fingerprint density at radius 1 is 1.14 bits per heavy atom. The average molecular weight is 298 g/mol. The molecule has 0 aliphatic heterocycles. The van der Waals surface area contributed by atoms with E-state index in [0.717, 1.165) is 36.2 Å². The van der Waals surface area contributed by atoms with E-state index in [2.05, 4.69) is 27.1 Å². The highest BCUT2D eigenvalue weighted by molar-refractivity contribution is 7.07. The van der Waals surface area contributed by atoms with Crippen molar-refractivity contribution >= 4 is 22.2 Å². The first-order valence-electron chi connectivity index (χ1n) is 7.11. The number of hydrogen-bond donors (Lipinski definition) is 1. The van der Waals surface area contributed by atoms with Crippen LogP contribution >= 0.6 is 11.3 Å². The zero-order chi connectivity index (χ0) is 14.3. The maximum absolute atomic E-state index is 5.73. The van der Waals surface area contributed by atoms with Gasteiger partial charge in [0.05, 0.1) is 11.7 Å². The van der Waals surface area contributed by atoms with Crippen molar-refractivity contribution in [3.05, 3.63) is 58.9 Å². The number of pyridine rings is 1. The summed E-state index contributed by atoms with van der Waals surface area (Å²) in [7, 11) is 0. The van der Waals surface area contributed by atoms with E-state index >= 15 is 0 Å². The van der Waals surface area contributed by atoms with Gasteiger partial charge in [-0.05, 0) is 47.5 Å². The second-order valence-electron chi connectivity index (χ2n) is 4.84. The van der Waals surface area contributed by atoms with Gasteiger partial charge in [0, 0.05) is 11.9 Å². The summed E-state index contributed by atoms with van der Waals surface area (Å²) in [6, 6.07) is 12.3. The largest absolute Gasteiger partial charge is 0.491 e. The Balaban J connectivity index is 1.40. The predicted octanol–water partition coefficient (Wildman–Crippen LogP) is 3.51. The van der Waals surface area contributed by atoms with Crippen molar-refractivity contribution in [1.82, 2.24) is 10.3 Å². The Morgan fingerprint density at radius 2 is 2.10 bits per heavy atom. The number of ether oxygens (including phenoxy) is 1. The minimum Gasteiger partial charge on any atom is -0.491 e. The Morgan fingerprint density at radius 3 is 3.00 bits per heavy atom. The molecule has 0 saturated carbocycles. The Hall–Kier alpha value is -1.91.